The molecule has 0 unspecified atom stereocenters. The fraction of sp³-hybridized carbons (Fsp3) is 0.364. The van der Waals surface area contributed by atoms with Crippen molar-refractivity contribution in [3.8, 4) is 23.5 Å². The third-order valence-electron chi connectivity index (χ3n) is 5.55. The minimum absolute atomic E-state index is 0.122. The third-order valence-corrected chi connectivity index (χ3v) is 6.49. The third kappa shape index (κ3) is 3.68. The quantitative estimate of drug-likeness (QED) is 0.509. The minimum Gasteiger partial charge on any atom is -0.466 e. The summed E-state index contributed by atoms with van der Waals surface area (Å²) < 4.78 is 6.14. The van der Waals surface area contributed by atoms with Crippen LogP contribution in [-0.2, 0) is 9.53 Å². The largest absolute Gasteiger partial charge is 0.466 e. The van der Waals surface area contributed by atoms with Gasteiger partial charge in [-0.3, -0.25) is 4.79 Å². The summed E-state index contributed by atoms with van der Waals surface area (Å²) in [4.78, 5) is 27.8. The van der Waals surface area contributed by atoms with E-state index in [9.17, 15) is 4.79 Å². The highest BCUT2D eigenvalue weighted by atomic mass is 32.1. The van der Waals surface area contributed by atoms with Gasteiger partial charge < -0.3 is 15.4 Å². The van der Waals surface area contributed by atoms with Crippen molar-refractivity contribution in [2.24, 2.45) is 5.41 Å². The summed E-state index contributed by atoms with van der Waals surface area (Å²) in [6.07, 6.45) is 10.7. The summed E-state index contributed by atoms with van der Waals surface area (Å²) in [5.41, 5.74) is 8.70. The van der Waals surface area contributed by atoms with Crippen molar-refractivity contribution in [1.29, 1.82) is 0 Å². The SMILES string of the molecule is C#Cc1cc(-c2cnc(N3CCC(C)(C(=O)OCC)CC3)nc2)cc2nc(N)sc12. The molecule has 7 nitrogen and oxygen atoms in total. The highest BCUT2D eigenvalue weighted by Gasteiger charge is 2.38. The average molecular weight is 422 g/mol. The molecule has 1 fully saturated rings. The number of anilines is 2. The Morgan fingerprint density at radius 2 is 2.00 bits per heavy atom. The Kier molecular flexibility index (Phi) is 5.31. The van der Waals surface area contributed by atoms with Gasteiger partial charge in [-0.15, -0.1) is 6.42 Å². The number of carbonyl (C=O) groups is 1. The number of aromatic nitrogens is 3. The normalized spacial score (nSPS) is 15.7. The van der Waals surface area contributed by atoms with Crippen LogP contribution in [0.3, 0.4) is 0 Å². The fourth-order valence-electron chi connectivity index (χ4n) is 3.67. The average Bonchev–Trinajstić information content (AvgIpc) is 3.14. The van der Waals surface area contributed by atoms with Crippen LogP contribution in [0.1, 0.15) is 32.3 Å². The van der Waals surface area contributed by atoms with Crippen LogP contribution in [0.2, 0.25) is 0 Å². The molecule has 3 aromatic rings. The lowest BCUT2D eigenvalue weighted by molar-refractivity contribution is -0.155. The number of piperidine rings is 1. The van der Waals surface area contributed by atoms with Crippen molar-refractivity contribution in [2.75, 3.05) is 30.3 Å². The van der Waals surface area contributed by atoms with Gasteiger partial charge in [0.25, 0.3) is 0 Å². The molecule has 2 aromatic heterocycles. The lowest BCUT2D eigenvalue weighted by Crippen LogP contribution is -2.44. The first-order valence-electron chi connectivity index (χ1n) is 9.85. The van der Waals surface area contributed by atoms with Crippen LogP contribution in [-0.4, -0.2) is 40.6 Å². The second-order valence-electron chi connectivity index (χ2n) is 7.61. The number of hydrogen-bond donors (Lipinski definition) is 1. The topological polar surface area (TPSA) is 94.2 Å². The van der Waals surface area contributed by atoms with Gasteiger partial charge in [-0.1, -0.05) is 17.3 Å². The first-order chi connectivity index (χ1) is 14.4. The Bertz CT molecular complexity index is 1120. The van der Waals surface area contributed by atoms with Gasteiger partial charge in [0.05, 0.1) is 22.2 Å². The zero-order chi connectivity index (χ0) is 21.3. The number of nitrogen functional groups attached to an aromatic ring is 1. The van der Waals surface area contributed by atoms with Gasteiger partial charge >= 0.3 is 5.97 Å². The maximum atomic E-state index is 12.2. The van der Waals surface area contributed by atoms with E-state index in [0.29, 0.717) is 43.6 Å². The van der Waals surface area contributed by atoms with E-state index in [4.69, 9.17) is 16.9 Å². The number of fused-ring (bicyclic) bond motifs is 1. The maximum Gasteiger partial charge on any atom is 0.311 e. The first-order valence-corrected chi connectivity index (χ1v) is 10.7. The summed E-state index contributed by atoms with van der Waals surface area (Å²) in [7, 11) is 0. The Morgan fingerprint density at radius 1 is 1.30 bits per heavy atom. The number of carbonyl (C=O) groups excluding carboxylic acids is 1. The van der Waals surface area contributed by atoms with E-state index in [0.717, 1.165) is 26.9 Å². The van der Waals surface area contributed by atoms with Crippen molar-refractivity contribution in [1.82, 2.24) is 15.0 Å². The molecule has 0 amide bonds. The molecule has 1 aromatic carbocycles. The molecule has 30 heavy (non-hydrogen) atoms. The molecule has 3 heterocycles. The Morgan fingerprint density at radius 3 is 2.63 bits per heavy atom. The van der Waals surface area contributed by atoms with Gasteiger partial charge in [0.15, 0.2) is 5.13 Å². The highest BCUT2D eigenvalue weighted by molar-refractivity contribution is 7.22. The Hall–Kier alpha value is -3.18. The zero-order valence-corrected chi connectivity index (χ0v) is 17.8. The second-order valence-corrected chi connectivity index (χ2v) is 8.64. The lowest BCUT2D eigenvalue weighted by Gasteiger charge is -2.37. The number of thiazole rings is 1. The summed E-state index contributed by atoms with van der Waals surface area (Å²) in [6, 6.07) is 3.89. The maximum absolute atomic E-state index is 12.2. The molecule has 0 bridgehead atoms. The van der Waals surface area contributed by atoms with E-state index >= 15 is 0 Å². The van der Waals surface area contributed by atoms with Gasteiger partial charge in [-0.25, -0.2) is 15.0 Å². The molecule has 0 aliphatic carbocycles. The predicted molar refractivity (Wildman–Crippen MR) is 119 cm³/mol. The molecule has 1 aliphatic rings. The van der Waals surface area contributed by atoms with E-state index < -0.39 is 5.41 Å². The molecule has 1 saturated heterocycles. The van der Waals surface area contributed by atoms with E-state index in [-0.39, 0.29) is 5.97 Å². The molecule has 154 valence electrons. The molecule has 0 spiro atoms. The minimum atomic E-state index is -0.442. The van der Waals surface area contributed by atoms with Gasteiger partial charge in [0, 0.05) is 36.6 Å². The van der Waals surface area contributed by atoms with Crippen molar-refractivity contribution in [3.63, 3.8) is 0 Å². The smallest absolute Gasteiger partial charge is 0.311 e. The van der Waals surface area contributed by atoms with Gasteiger partial charge in [0.1, 0.15) is 0 Å². The van der Waals surface area contributed by atoms with E-state index in [1.807, 2.05) is 26.0 Å². The molecule has 2 N–H and O–H groups in total. The Labute approximate surface area is 179 Å². The van der Waals surface area contributed by atoms with E-state index in [1.165, 1.54) is 11.3 Å². The number of hydrogen-bond acceptors (Lipinski definition) is 8. The van der Waals surface area contributed by atoms with Crippen LogP contribution in [0.4, 0.5) is 11.1 Å². The predicted octanol–water partition coefficient (Wildman–Crippen LogP) is 3.49. The summed E-state index contributed by atoms with van der Waals surface area (Å²) in [5.74, 6) is 3.24. The summed E-state index contributed by atoms with van der Waals surface area (Å²) in [5, 5.41) is 0.491. The number of nitrogens with zero attached hydrogens (tertiary/aromatic N) is 4. The van der Waals surface area contributed by atoms with Crippen LogP contribution in [0, 0.1) is 17.8 Å². The molecule has 0 radical (unpaired) electrons. The van der Waals surface area contributed by atoms with Crippen LogP contribution < -0.4 is 10.6 Å². The highest BCUT2D eigenvalue weighted by Crippen LogP contribution is 2.34. The van der Waals surface area contributed by atoms with Gasteiger partial charge in [0.2, 0.25) is 5.95 Å². The molecule has 4 rings (SSSR count). The molecule has 0 saturated carbocycles. The molecular formula is C22H23N5O2S. The number of terminal acetylenes is 1. The van der Waals surface area contributed by atoms with E-state index in [2.05, 4.69) is 25.8 Å². The number of benzene rings is 1. The fourth-order valence-corrected chi connectivity index (χ4v) is 4.46. The second kappa shape index (κ2) is 7.92. The number of nitrogens with two attached hydrogens (primary N) is 1. The molecular weight excluding hydrogens is 398 g/mol. The number of esters is 1. The standard InChI is InChI=1S/C22H23N5O2S/c1-4-14-10-15(11-17-18(14)30-20(23)26-17)16-12-24-21(25-13-16)27-8-6-22(3,7-9-27)19(28)29-5-2/h1,10-13H,5-9H2,2-3H3,(H2,23,26). The number of rotatable bonds is 4. The summed E-state index contributed by atoms with van der Waals surface area (Å²) >= 11 is 1.39. The van der Waals surface area contributed by atoms with Crippen molar-refractivity contribution in [3.05, 3.63) is 30.1 Å². The van der Waals surface area contributed by atoms with Crippen LogP contribution in [0.15, 0.2) is 24.5 Å². The van der Waals surface area contributed by atoms with Crippen LogP contribution in [0.25, 0.3) is 21.3 Å². The summed E-state index contributed by atoms with van der Waals surface area (Å²) in [6.45, 7) is 5.62. The van der Waals surface area contributed by atoms with Gasteiger partial charge in [-0.2, -0.15) is 0 Å². The van der Waals surface area contributed by atoms with Crippen molar-refractivity contribution >= 4 is 38.6 Å². The van der Waals surface area contributed by atoms with Crippen LogP contribution in [0.5, 0.6) is 0 Å². The lowest BCUT2D eigenvalue weighted by atomic mass is 9.80. The van der Waals surface area contributed by atoms with E-state index in [1.54, 1.807) is 12.4 Å². The van der Waals surface area contributed by atoms with Crippen molar-refractivity contribution < 1.29 is 9.53 Å². The number of ether oxygens (including phenoxy) is 1. The molecule has 1 aliphatic heterocycles. The first kappa shape index (κ1) is 20.1. The molecule has 8 heteroatoms. The monoisotopic (exact) mass is 421 g/mol. The zero-order valence-electron chi connectivity index (χ0n) is 17.0. The molecule has 0 atom stereocenters. The Balaban J connectivity index is 1.52. The van der Waals surface area contributed by atoms with Gasteiger partial charge in [-0.05, 0) is 44.4 Å². The van der Waals surface area contributed by atoms with Crippen molar-refractivity contribution in [2.45, 2.75) is 26.7 Å². The van der Waals surface area contributed by atoms with Crippen LogP contribution >= 0.6 is 11.3 Å².